The van der Waals surface area contributed by atoms with Crippen molar-refractivity contribution in [3.05, 3.63) is 75.6 Å². The molecule has 5 nitrogen and oxygen atoms in total. The summed E-state index contributed by atoms with van der Waals surface area (Å²) in [4.78, 5) is 25.5. The van der Waals surface area contributed by atoms with Crippen LogP contribution in [0.5, 0.6) is 5.75 Å². The lowest BCUT2D eigenvalue weighted by molar-refractivity contribution is 0.0441. The minimum Gasteiger partial charge on any atom is -0.486 e. The molecule has 3 aromatic rings. The van der Waals surface area contributed by atoms with Crippen LogP contribution in [0.4, 0.5) is 4.39 Å². The quantitative estimate of drug-likeness (QED) is 0.453. The zero-order valence-electron chi connectivity index (χ0n) is 13.9. The summed E-state index contributed by atoms with van der Waals surface area (Å²) in [6.07, 6.45) is 0. The van der Waals surface area contributed by atoms with Gasteiger partial charge in [0.1, 0.15) is 23.9 Å². The number of ether oxygens (including phenoxy) is 2. The maximum absolute atomic E-state index is 12.8. The lowest BCUT2D eigenvalue weighted by Crippen LogP contribution is -2.12. The van der Waals surface area contributed by atoms with Crippen LogP contribution in [0, 0.1) is 12.7 Å². The van der Waals surface area contributed by atoms with Crippen LogP contribution in [-0.2, 0) is 11.3 Å². The van der Waals surface area contributed by atoms with Crippen LogP contribution >= 0.6 is 11.3 Å². The predicted octanol–water partition coefficient (Wildman–Crippen LogP) is 4.41. The molecule has 0 radical (unpaired) electrons. The molecule has 2 aromatic heterocycles. The zero-order valence-corrected chi connectivity index (χ0v) is 14.7. The third-order valence-electron chi connectivity index (χ3n) is 3.41. The number of ketones is 1. The summed E-state index contributed by atoms with van der Waals surface area (Å²) in [5.74, 6) is -0.474. The van der Waals surface area contributed by atoms with E-state index in [9.17, 15) is 14.0 Å². The van der Waals surface area contributed by atoms with Gasteiger partial charge in [-0.05, 0) is 55.5 Å². The Balaban J connectivity index is 1.51. The van der Waals surface area contributed by atoms with Gasteiger partial charge in [-0.3, -0.25) is 4.79 Å². The average molecular weight is 374 g/mol. The minimum atomic E-state index is -0.723. The monoisotopic (exact) mass is 374 g/mol. The molecule has 7 heteroatoms. The van der Waals surface area contributed by atoms with Gasteiger partial charge < -0.3 is 13.9 Å². The van der Waals surface area contributed by atoms with Crippen molar-refractivity contribution in [1.29, 1.82) is 0 Å². The maximum Gasteiger partial charge on any atom is 0.374 e. The molecular formula is C19H15FO5S. The van der Waals surface area contributed by atoms with Gasteiger partial charge in [-0.25, -0.2) is 9.18 Å². The van der Waals surface area contributed by atoms with E-state index in [2.05, 4.69) is 0 Å². The Labute approximate surface area is 153 Å². The van der Waals surface area contributed by atoms with Gasteiger partial charge >= 0.3 is 5.97 Å². The standard InChI is InChI=1S/C19H15FO5S/c1-12-2-9-18(26-12)16(21)11-24-19(22)17-8-7-15(25-17)10-23-14-5-3-13(20)4-6-14/h2-9H,10-11H2,1H3. The number of aryl methyl sites for hydroxylation is 1. The van der Waals surface area contributed by atoms with Crippen LogP contribution in [0.1, 0.15) is 30.9 Å². The van der Waals surface area contributed by atoms with Gasteiger partial charge in [0, 0.05) is 4.88 Å². The maximum atomic E-state index is 12.8. The van der Waals surface area contributed by atoms with Gasteiger partial charge in [0.2, 0.25) is 11.5 Å². The predicted molar refractivity (Wildman–Crippen MR) is 93.1 cm³/mol. The molecule has 134 valence electrons. The highest BCUT2D eigenvalue weighted by Crippen LogP contribution is 2.17. The molecule has 0 unspecified atom stereocenters. The first-order valence-electron chi connectivity index (χ1n) is 7.75. The van der Waals surface area contributed by atoms with Crippen molar-refractivity contribution in [3.8, 4) is 5.75 Å². The van der Waals surface area contributed by atoms with E-state index < -0.39 is 5.97 Å². The van der Waals surface area contributed by atoms with E-state index >= 15 is 0 Å². The van der Waals surface area contributed by atoms with Crippen LogP contribution in [0.3, 0.4) is 0 Å². The number of Topliss-reactive ketones (excluding diaryl/α,β-unsaturated/α-hetero) is 1. The number of halogens is 1. The van der Waals surface area contributed by atoms with Crippen LogP contribution in [0.2, 0.25) is 0 Å². The van der Waals surface area contributed by atoms with E-state index in [4.69, 9.17) is 13.9 Å². The van der Waals surface area contributed by atoms with Crippen molar-refractivity contribution in [2.45, 2.75) is 13.5 Å². The smallest absolute Gasteiger partial charge is 0.374 e. The van der Waals surface area contributed by atoms with Crippen molar-refractivity contribution < 1.29 is 27.9 Å². The molecule has 26 heavy (non-hydrogen) atoms. The van der Waals surface area contributed by atoms with Crippen molar-refractivity contribution in [1.82, 2.24) is 0 Å². The number of esters is 1. The van der Waals surface area contributed by atoms with Crippen LogP contribution in [0.25, 0.3) is 0 Å². The molecular weight excluding hydrogens is 359 g/mol. The summed E-state index contributed by atoms with van der Waals surface area (Å²) >= 11 is 1.35. The SMILES string of the molecule is Cc1ccc(C(=O)COC(=O)c2ccc(COc3ccc(F)cc3)o2)s1. The number of furan rings is 1. The summed E-state index contributed by atoms with van der Waals surface area (Å²) in [6, 6.07) is 12.1. The molecule has 0 aliphatic rings. The van der Waals surface area contributed by atoms with Gasteiger partial charge in [0.15, 0.2) is 6.61 Å². The van der Waals surface area contributed by atoms with Crippen molar-refractivity contribution in [3.63, 3.8) is 0 Å². The summed E-state index contributed by atoms with van der Waals surface area (Å²) < 4.78 is 28.6. The first-order valence-corrected chi connectivity index (χ1v) is 8.57. The molecule has 1 aromatic carbocycles. The number of hydrogen-bond acceptors (Lipinski definition) is 6. The molecule has 0 spiro atoms. The molecule has 0 fully saturated rings. The van der Waals surface area contributed by atoms with Crippen molar-refractivity contribution in [2.75, 3.05) is 6.61 Å². The second-order valence-electron chi connectivity index (χ2n) is 5.42. The molecule has 0 aliphatic heterocycles. The van der Waals surface area contributed by atoms with Gasteiger partial charge in [-0.15, -0.1) is 11.3 Å². The minimum absolute atomic E-state index is 0.0159. The fourth-order valence-electron chi connectivity index (χ4n) is 2.11. The number of rotatable bonds is 7. The van der Waals surface area contributed by atoms with Gasteiger partial charge in [0.25, 0.3) is 0 Å². The lowest BCUT2D eigenvalue weighted by atomic mass is 10.3. The Bertz CT molecular complexity index is 910. The molecule has 0 amide bonds. The van der Waals surface area contributed by atoms with Gasteiger partial charge in [-0.1, -0.05) is 0 Å². The zero-order chi connectivity index (χ0) is 18.5. The number of carbonyl (C=O) groups is 2. The molecule has 2 heterocycles. The molecule has 0 bridgehead atoms. The molecule has 3 rings (SSSR count). The Morgan fingerprint density at radius 1 is 1.08 bits per heavy atom. The molecule has 0 N–H and O–H groups in total. The number of benzene rings is 1. The lowest BCUT2D eigenvalue weighted by Gasteiger charge is -2.04. The second-order valence-corrected chi connectivity index (χ2v) is 6.71. The highest BCUT2D eigenvalue weighted by Gasteiger charge is 2.16. The van der Waals surface area contributed by atoms with E-state index in [1.54, 1.807) is 12.1 Å². The summed E-state index contributed by atoms with van der Waals surface area (Å²) in [7, 11) is 0. The average Bonchev–Trinajstić information content (AvgIpc) is 3.28. The summed E-state index contributed by atoms with van der Waals surface area (Å²) in [5, 5.41) is 0. The second kappa shape index (κ2) is 7.97. The number of hydrogen-bond donors (Lipinski definition) is 0. The first-order chi connectivity index (χ1) is 12.5. The molecule has 0 saturated carbocycles. The normalized spacial score (nSPS) is 10.5. The van der Waals surface area contributed by atoms with Crippen LogP contribution < -0.4 is 4.74 Å². The van der Waals surface area contributed by atoms with Crippen LogP contribution in [-0.4, -0.2) is 18.4 Å². The Morgan fingerprint density at radius 2 is 1.85 bits per heavy atom. The highest BCUT2D eigenvalue weighted by molar-refractivity contribution is 7.14. The van der Waals surface area contributed by atoms with E-state index in [1.807, 2.05) is 13.0 Å². The Kier molecular flexibility index (Phi) is 5.48. The third kappa shape index (κ3) is 4.58. The largest absolute Gasteiger partial charge is 0.486 e. The van der Waals surface area contributed by atoms with Crippen molar-refractivity contribution >= 4 is 23.1 Å². The van der Waals surface area contributed by atoms with E-state index in [0.29, 0.717) is 16.4 Å². The summed E-state index contributed by atoms with van der Waals surface area (Å²) in [5.41, 5.74) is 0. The van der Waals surface area contributed by atoms with Gasteiger partial charge in [-0.2, -0.15) is 0 Å². The number of thiophene rings is 1. The van der Waals surface area contributed by atoms with Gasteiger partial charge in [0.05, 0.1) is 4.88 Å². The molecule has 0 atom stereocenters. The van der Waals surface area contributed by atoms with Crippen LogP contribution in [0.15, 0.2) is 52.9 Å². The third-order valence-corrected chi connectivity index (χ3v) is 4.45. The number of carbonyl (C=O) groups excluding carboxylic acids is 2. The van der Waals surface area contributed by atoms with E-state index in [1.165, 1.54) is 41.7 Å². The van der Waals surface area contributed by atoms with E-state index in [0.717, 1.165) is 4.88 Å². The topological polar surface area (TPSA) is 65.7 Å². The van der Waals surface area contributed by atoms with E-state index in [-0.39, 0.29) is 30.6 Å². The Morgan fingerprint density at radius 3 is 2.54 bits per heavy atom. The first kappa shape index (κ1) is 17.9. The Hall–Kier alpha value is -2.93. The highest BCUT2D eigenvalue weighted by atomic mass is 32.1. The molecule has 0 saturated heterocycles. The fraction of sp³-hybridized carbons (Fsp3) is 0.158. The fourth-order valence-corrected chi connectivity index (χ4v) is 2.90. The molecule has 0 aliphatic carbocycles. The van der Waals surface area contributed by atoms with Crippen molar-refractivity contribution in [2.24, 2.45) is 0 Å². The summed E-state index contributed by atoms with van der Waals surface area (Å²) in [6.45, 7) is 1.62.